The van der Waals surface area contributed by atoms with Crippen LogP contribution in [-0.2, 0) is 24.3 Å². The SMILES string of the molecule is CCNC(=NCC(C1CCCCC1)N(C)C)NC1CCc2nc(COC)nn2C1. The molecule has 2 unspecified atom stereocenters. The molecule has 0 radical (unpaired) electrons. The van der Waals surface area contributed by atoms with Crippen LogP contribution in [0.25, 0.3) is 0 Å². The van der Waals surface area contributed by atoms with Gasteiger partial charge in [0, 0.05) is 32.2 Å². The van der Waals surface area contributed by atoms with E-state index < -0.39 is 0 Å². The molecule has 2 N–H and O–H groups in total. The van der Waals surface area contributed by atoms with Crippen LogP contribution < -0.4 is 10.6 Å². The number of methoxy groups -OCH3 is 1. The quantitative estimate of drug-likeness (QED) is 0.507. The zero-order chi connectivity index (χ0) is 20.6. The number of aliphatic imine (C=N–C) groups is 1. The largest absolute Gasteiger partial charge is 0.377 e. The van der Waals surface area contributed by atoms with Crippen molar-refractivity contribution in [1.29, 1.82) is 0 Å². The van der Waals surface area contributed by atoms with Crippen LogP contribution >= 0.6 is 0 Å². The standard InChI is InChI=1S/C21H39N7O/c1-5-22-21(23-13-18(27(2)3)16-9-7-6-8-10-16)24-17-11-12-20-25-19(15-29-4)26-28(20)14-17/h16-18H,5-15H2,1-4H3,(H2,22,23,24). The van der Waals surface area contributed by atoms with E-state index in [4.69, 9.17) is 9.73 Å². The lowest BCUT2D eigenvalue weighted by Crippen LogP contribution is -2.48. The Bertz CT molecular complexity index is 651. The van der Waals surface area contributed by atoms with Crippen molar-refractivity contribution in [3.8, 4) is 0 Å². The van der Waals surface area contributed by atoms with Gasteiger partial charge in [0.1, 0.15) is 12.4 Å². The van der Waals surface area contributed by atoms with Crippen LogP contribution in [0.3, 0.4) is 0 Å². The van der Waals surface area contributed by atoms with Crippen LogP contribution in [0.4, 0.5) is 0 Å². The zero-order valence-corrected chi connectivity index (χ0v) is 18.7. The van der Waals surface area contributed by atoms with E-state index >= 15 is 0 Å². The average molecular weight is 406 g/mol. The van der Waals surface area contributed by atoms with Crippen LogP contribution in [0.15, 0.2) is 4.99 Å². The molecule has 0 spiro atoms. The highest BCUT2D eigenvalue weighted by Gasteiger charge is 2.26. The first-order chi connectivity index (χ1) is 14.1. The average Bonchev–Trinajstić information content (AvgIpc) is 3.11. The summed E-state index contributed by atoms with van der Waals surface area (Å²) < 4.78 is 7.18. The number of aryl methyl sites for hydroxylation is 1. The molecule has 1 aliphatic heterocycles. The van der Waals surface area contributed by atoms with Gasteiger partial charge in [-0.05, 0) is 46.2 Å². The monoisotopic (exact) mass is 405 g/mol. The van der Waals surface area contributed by atoms with Gasteiger partial charge in [-0.15, -0.1) is 0 Å². The van der Waals surface area contributed by atoms with Gasteiger partial charge in [-0.25, -0.2) is 9.67 Å². The van der Waals surface area contributed by atoms with E-state index in [2.05, 4.69) is 46.6 Å². The van der Waals surface area contributed by atoms with Crippen LogP contribution in [0.2, 0.25) is 0 Å². The molecule has 8 heteroatoms. The number of guanidine groups is 1. The Hall–Kier alpha value is -1.67. The summed E-state index contributed by atoms with van der Waals surface area (Å²) in [7, 11) is 6.07. The summed E-state index contributed by atoms with van der Waals surface area (Å²) in [6.07, 6.45) is 8.76. The summed E-state index contributed by atoms with van der Waals surface area (Å²) in [6.45, 7) is 5.11. The first kappa shape index (κ1) is 22.0. The summed E-state index contributed by atoms with van der Waals surface area (Å²) in [4.78, 5) is 11.9. The molecule has 1 aromatic rings. The molecule has 8 nitrogen and oxygen atoms in total. The molecule has 1 aromatic heterocycles. The van der Waals surface area contributed by atoms with Gasteiger partial charge in [0.25, 0.3) is 0 Å². The van der Waals surface area contributed by atoms with Crippen molar-refractivity contribution < 1.29 is 4.74 Å². The van der Waals surface area contributed by atoms with E-state index in [-0.39, 0.29) is 0 Å². The van der Waals surface area contributed by atoms with Crippen molar-refractivity contribution in [2.24, 2.45) is 10.9 Å². The second-order valence-electron chi connectivity index (χ2n) is 8.59. The van der Waals surface area contributed by atoms with E-state index in [0.29, 0.717) is 18.7 Å². The number of ether oxygens (including phenoxy) is 1. The number of likely N-dealkylation sites (N-methyl/N-ethyl adjacent to an activating group) is 1. The lowest BCUT2D eigenvalue weighted by molar-refractivity contribution is 0.176. The Kier molecular flexibility index (Phi) is 8.29. The minimum atomic E-state index is 0.310. The highest BCUT2D eigenvalue weighted by atomic mass is 16.5. The molecule has 0 aromatic carbocycles. The lowest BCUT2D eigenvalue weighted by atomic mass is 9.83. The molecule has 2 atom stereocenters. The van der Waals surface area contributed by atoms with Gasteiger partial charge in [0.2, 0.25) is 0 Å². The van der Waals surface area contributed by atoms with Gasteiger partial charge in [-0.1, -0.05) is 19.3 Å². The fourth-order valence-electron chi connectivity index (χ4n) is 4.62. The third-order valence-electron chi connectivity index (χ3n) is 6.15. The van der Waals surface area contributed by atoms with E-state index in [1.54, 1.807) is 7.11 Å². The minimum absolute atomic E-state index is 0.310. The Labute approximate surface area is 175 Å². The van der Waals surface area contributed by atoms with Crippen LogP contribution in [0.5, 0.6) is 0 Å². The molecular formula is C21H39N7O. The molecule has 29 heavy (non-hydrogen) atoms. The Morgan fingerprint density at radius 3 is 2.76 bits per heavy atom. The van der Waals surface area contributed by atoms with Gasteiger partial charge in [-0.3, -0.25) is 4.99 Å². The van der Waals surface area contributed by atoms with E-state index in [0.717, 1.165) is 56.0 Å². The van der Waals surface area contributed by atoms with E-state index in [1.807, 2.05) is 4.68 Å². The summed E-state index contributed by atoms with van der Waals surface area (Å²) in [5.41, 5.74) is 0. The van der Waals surface area contributed by atoms with Gasteiger partial charge in [-0.2, -0.15) is 5.10 Å². The third-order valence-corrected chi connectivity index (χ3v) is 6.15. The highest BCUT2D eigenvalue weighted by molar-refractivity contribution is 5.80. The number of rotatable bonds is 8. The van der Waals surface area contributed by atoms with Gasteiger partial charge in [0.15, 0.2) is 11.8 Å². The molecule has 2 aliphatic rings. The summed E-state index contributed by atoms with van der Waals surface area (Å²) in [6, 6.07) is 0.820. The summed E-state index contributed by atoms with van der Waals surface area (Å²) in [5.74, 6) is 3.50. The molecule has 0 bridgehead atoms. The number of hydrogen-bond donors (Lipinski definition) is 2. The lowest BCUT2D eigenvalue weighted by Gasteiger charge is -2.34. The van der Waals surface area contributed by atoms with Gasteiger partial charge in [0.05, 0.1) is 13.1 Å². The number of fused-ring (bicyclic) bond motifs is 1. The van der Waals surface area contributed by atoms with Crippen molar-refractivity contribution in [3.63, 3.8) is 0 Å². The van der Waals surface area contributed by atoms with E-state index in [9.17, 15) is 0 Å². The second kappa shape index (κ2) is 10.9. The van der Waals surface area contributed by atoms with Crippen molar-refractivity contribution in [2.45, 2.75) is 77.1 Å². The number of nitrogens with one attached hydrogen (secondary N) is 2. The maximum absolute atomic E-state index is 5.17. The molecule has 0 amide bonds. The molecule has 1 fully saturated rings. The molecule has 3 rings (SSSR count). The van der Waals surface area contributed by atoms with Gasteiger partial charge < -0.3 is 20.3 Å². The van der Waals surface area contributed by atoms with Crippen LogP contribution in [0, 0.1) is 5.92 Å². The Balaban J connectivity index is 1.61. The zero-order valence-electron chi connectivity index (χ0n) is 18.7. The molecule has 1 saturated carbocycles. The Morgan fingerprint density at radius 1 is 1.28 bits per heavy atom. The first-order valence-electron chi connectivity index (χ1n) is 11.2. The van der Waals surface area contributed by atoms with Gasteiger partial charge >= 0.3 is 0 Å². The number of hydrogen-bond acceptors (Lipinski definition) is 5. The molecule has 1 aliphatic carbocycles. The third kappa shape index (κ3) is 6.15. The summed E-state index contributed by atoms with van der Waals surface area (Å²) >= 11 is 0. The fraction of sp³-hybridized carbons (Fsp3) is 0.857. The smallest absolute Gasteiger partial charge is 0.191 e. The maximum Gasteiger partial charge on any atom is 0.191 e. The maximum atomic E-state index is 5.17. The second-order valence-corrected chi connectivity index (χ2v) is 8.59. The van der Waals surface area contributed by atoms with Crippen LogP contribution in [0.1, 0.15) is 57.1 Å². The van der Waals surface area contributed by atoms with Crippen molar-refractivity contribution >= 4 is 5.96 Å². The molecule has 2 heterocycles. The van der Waals surface area contributed by atoms with Crippen molar-refractivity contribution in [3.05, 3.63) is 11.6 Å². The van der Waals surface area contributed by atoms with Crippen molar-refractivity contribution in [1.82, 2.24) is 30.3 Å². The predicted molar refractivity (Wildman–Crippen MR) is 116 cm³/mol. The number of nitrogens with zero attached hydrogens (tertiary/aromatic N) is 5. The van der Waals surface area contributed by atoms with Crippen LogP contribution in [-0.4, -0.2) is 72.0 Å². The summed E-state index contributed by atoms with van der Waals surface area (Å²) in [5, 5.41) is 11.6. The highest BCUT2D eigenvalue weighted by Crippen LogP contribution is 2.28. The predicted octanol–water partition coefficient (Wildman–Crippen LogP) is 1.80. The first-order valence-corrected chi connectivity index (χ1v) is 11.2. The molecule has 0 saturated heterocycles. The van der Waals surface area contributed by atoms with E-state index in [1.165, 1.54) is 32.1 Å². The Morgan fingerprint density at radius 2 is 2.07 bits per heavy atom. The normalized spacial score (nSPS) is 21.8. The topological polar surface area (TPSA) is 79.6 Å². The fourth-order valence-corrected chi connectivity index (χ4v) is 4.62. The molecular weight excluding hydrogens is 366 g/mol. The number of aromatic nitrogens is 3. The minimum Gasteiger partial charge on any atom is -0.377 e. The molecule has 164 valence electrons. The van der Waals surface area contributed by atoms with Crippen molar-refractivity contribution in [2.75, 3.05) is 34.3 Å².